The lowest BCUT2D eigenvalue weighted by Crippen LogP contribution is -2.01. The van der Waals surface area contributed by atoms with Crippen molar-refractivity contribution in [2.45, 2.75) is 18.7 Å². The molecule has 1 aromatic carbocycles. The highest BCUT2D eigenvalue weighted by Gasteiger charge is 2.11. The zero-order chi connectivity index (χ0) is 15.4. The van der Waals surface area contributed by atoms with Crippen molar-refractivity contribution in [2.24, 2.45) is 0 Å². The Bertz CT molecular complexity index is 772. The second-order valence-corrected chi connectivity index (χ2v) is 5.96. The van der Waals surface area contributed by atoms with Crippen molar-refractivity contribution >= 4 is 34.3 Å². The van der Waals surface area contributed by atoms with Crippen LogP contribution in [0.15, 0.2) is 41.4 Å². The minimum atomic E-state index is 0.595. The average Bonchev–Trinajstić information content (AvgIpc) is 2.94. The number of hydrogen-bond donors (Lipinski definition) is 2. The van der Waals surface area contributed by atoms with Gasteiger partial charge in [0.2, 0.25) is 0 Å². The van der Waals surface area contributed by atoms with Gasteiger partial charge in [-0.1, -0.05) is 19.1 Å². The largest absolute Gasteiger partial charge is 0.490 e. The summed E-state index contributed by atoms with van der Waals surface area (Å²) < 4.78 is 5.71. The van der Waals surface area contributed by atoms with Crippen molar-refractivity contribution in [1.29, 1.82) is 0 Å². The van der Waals surface area contributed by atoms with E-state index in [1.165, 1.54) is 0 Å². The van der Waals surface area contributed by atoms with E-state index in [0.717, 1.165) is 33.1 Å². The molecule has 0 saturated carbocycles. The number of benzene rings is 1. The van der Waals surface area contributed by atoms with Crippen LogP contribution in [0.4, 0.5) is 11.6 Å². The normalized spacial score (nSPS) is 10.8. The first-order chi connectivity index (χ1) is 10.8. The van der Waals surface area contributed by atoms with E-state index >= 15 is 0 Å². The molecule has 3 rings (SSSR count). The van der Waals surface area contributed by atoms with Gasteiger partial charge in [-0.3, -0.25) is 5.10 Å². The Balaban J connectivity index is 1.93. The summed E-state index contributed by atoms with van der Waals surface area (Å²) in [4.78, 5) is 5.59. The van der Waals surface area contributed by atoms with Crippen LogP contribution in [0.3, 0.4) is 0 Å². The number of fused-ring (bicyclic) bond motifs is 1. The standard InChI is InChI=1S/C16H18N4OS/c1-3-21-14-9-11(22-4-2)10-17-16(14)18-15-12-7-5-6-8-13(12)19-20-15/h5-10H,3-4H2,1-2H3,(H2,17,18,19,20). The molecular weight excluding hydrogens is 296 g/mol. The second kappa shape index (κ2) is 6.70. The quantitative estimate of drug-likeness (QED) is 0.667. The molecule has 0 spiro atoms. The van der Waals surface area contributed by atoms with Crippen LogP contribution < -0.4 is 10.1 Å². The van der Waals surface area contributed by atoms with Crippen molar-refractivity contribution in [1.82, 2.24) is 15.2 Å². The maximum Gasteiger partial charge on any atom is 0.174 e. The molecule has 2 aromatic heterocycles. The predicted octanol–water partition coefficient (Wildman–Crippen LogP) is 4.21. The number of hydrogen-bond acceptors (Lipinski definition) is 5. The lowest BCUT2D eigenvalue weighted by Gasteiger charge is -2.11. The molecule has 3 aromatic rings. The highest BCUT2D eigenvalue weighted by Crippen LogP contribution is 2.31. The number of nitrogens with one attached hydrogen (secondary N) is 2. The summed E-state index contributed by atoms with van der Waals surface area (Å²) in [6.07, 6.45) is 1.86. The summed E-state index contributed by atoms with van der Waals surface area (Å²) in [5.41, 5.74) is 0.987. The topological polar surface area (TPSA) is 62.8 Å². The molecule has 0 aliphatic rings. The van der Waals surface area contributed by atoms with Crippen LogP contribution in [0.1, 0.15) is 13.8 Å². The Labute approximate surface area is 133 Å². The van der Waals surface area contributed by atoms with Gasteiger partial charge in [-0.05, 0) is 30.9 Å². The van der Waals surface area contributed by atoms with Gasteiger partial charge in [-0.2, -0.15) is 5.10 Å². The number of anilines is 2. The number of nitrogens with zero attached hydrogens (tertiary/aromatic N) is 2. The summed E-state index contributed by atoms with van der Waals surface area (Å²) in [6.45, 7) is 4.68. The minimum absolute atomic E-state index is 0.595. The molecule has 5 nitrogen and oxygen atoms in total. The lowest BCUT2D eigenvalue weighted by molar-refractivity contribution is 0.340. The van der Waals surface area contributed by atoms with Crippen molar-refractivity contribution in [3.8, 4) is 5.75 Å². The lowest BCUT2D eigenvalue weighted by atomic mass is 10.2. The van der Waals surface area contributed by atoms with Crippen LogP contribution in [-0.4, -0.2) is 27.5 Å². The molecule has 0 amide bonds. The summed E-state index contributed by atoms with van der Waals surface area (Å²) in [6, 6.07) is 9.99. The number of aromatic nitrogens is 3. The van der Waals surface area contributed by atoms with Gasteiger partial charge in [0.15, 0.2) is 17.4 Å². The smallest absolute Gasteiger partial charge is 0.174 e. The molecule has 0 fully saturated rings. The summed E-state index contributed by atoms with van der Waals surface area (Å²) in [5, 5.41) is 11.6. The van der Waals surface area contributed by atoms with E-state index in [1.54, 1.807) is 11.8 Å². The van der Waals surface area contributed by atoms with Crippen molar-refractivity contribution < 1.29 is 4.74 Å². The van der Waals surface area contributed by atoms with Gasteiger partial charge < -0.3 is 10.1 Å². The first-order valence-electron chi connectivity index (χ1n) is 7.27. The highest BCUT2D eigenvalue weighted by atomic mass is 32.2. The number of H-pyrrole nitrogens is 1. The van der Waals surface area contributed by atoms with Crippen LogP contribution >= 0.6 is 11.8 Å². The van der Waals surface area contributed by atoms with E-state index in [1.807, 2.05) is 43.5 Å². The fourth-order valence-corrected chi connectivity index (χ4v) is 2.85. The van der Waals surface area contributed by atoms with E-state index in [9.17, 15) is 0 Å². The minimum Gasteiger partial charge on any atom is -0.490 e. The van der Waals surface area contributed by atoms with E-state index < -0.39 is 0 Å². The van der Waals surface area contributed by atoms with Gasteiger partial charge in [0.05, 0.1) is 12.1 Å². The predicted molar refractivity (Wildman–Crippen MR) is 91.2 cm³/mol. The third kappa shape index (κ3) is 3.01. The molecule has 2 N–H and O–H groups in total. The van der Waals surface area contributed by atoms with Crippen molar-refractivity contribution in [3.63, 3.8) is 0 Å². The number of thioether (sulfide) groups is 1. The first-order valence-corrected chi connectivity index (χ1v) is 8.26. The molecule has 22 heavy (non-hydrogen) atoms. The third-order valence-corrected chi connectivity index (χ3v) is 3.99. The molecule has 0 unspecified atom stereocenters. The molecule has 6 heteroatoms. The maximum absolute atomic E-state index is 5.71. The number of aromatic amines is 1. The zero-order valence-electron chi connectivity index (χ0n) is 12.6. The monoisotopic (exact) mass is 314 g/mol. The zero-order valence-corrected chi connectivity index (χ0v) is 13.4. The molecular formula is C16H18N4OS. The molecule has 0 bridgehead atoms. The molecule has 0 atom stereocenters. The van der Waals surface area contributed by atoms with Gasteiger partial charge in [0.1, 0.15) is 0 Å². The second-order valence-electron chi connectivity index (χ2n) is 4.63. The fourth-order valence-electron chi connectivity index (χ4n) is 2.20. The van der Waals surface area contributed by atoms with Gasteiger partial charge in [-0.15, -0.1) is 11.8 Å². The van der Waals surface area contributed by atoms with Crippen LogP contribution in [0, 0.1) is 0 Å². The van der Waals surface area contributed by atoms with Crippen molar-refractivity contribution in [2.75, 3.05) is 17.7 Å². The summed E-state index contributed by atoms with van der Waals surface area (Å²) in [7, 11) is 0. The van der Waals surface area contributed by atoms with Gasteiger partial charge >= 0.3 is 0 Å². The van der Waals surface area contributed by atoms with Gasteiger partial charge in [0, 0.05) is 16.5 Å². The molecule has 0 aliphatic carbocycles. The third-order valence-electron chi connectivity index (χ3n) is 3.15. The Morgan fingerprint density at radius 2 is 2.09 bits per heavy atom. The van der Waals surface area contributed by atoms with E-state index in [2.05, 4.69) is 27.4 Å². The van der Waals surface area contributed by atoms with Crippen LogP contribution in [-0.2, 0) is 0 Å². The summed E-state index contributed by atoms with van der Waals surface area (Å²) >= 11 is 1.74. The number of pyridine rings is 1. The highest BCUT2D eigenvalue weighted by molar-refractivity contribution is 7.99. The molecule has 0 radical (unpaired) electrons. The first kappa shape index (κ1) is 14.7. The van der Waals surface area contributed by atoms with Gasteiger partial charge in [0.25, 0.3) is 0 Å². The van der Waals surface area contributed by atoms with E-state index in [0.29, 0.717) is 12.4 Å². The number of para-hydroxylation sites is 1. The average molecular weight is 314 g/mol. The van der Waals surface area contributed by atoms with E-state index in [-0.39, 0.29) is 0 Å². The molecule has 0 aliphatic heterocycles. The van der Waals surface area contributed by atoms with Crippen molar-refractivity contribution in [3.05, 3.63) is 36.5 Å². The fraction of sp³-hybridized carbons (Fsp3) is 0.250. The maximum atomic E-state index is 5.71. The molecule has 0 saturated heterocycles. The number of rotatable bonds is 6. The summed E-state index contributed by atoms with van der Waals surface area (Å²) in [5.74, 6) is 3.18. The Morgan fingerprint density at radius 3 is 2.91 bits per heavy atom. The SMILES string of the molecule is CCOc1cc(SCC)cnc1Nc1n[nH]c2ccccc12. The van der Waals surface area contributed by atoms with Crippen LogP contribution in [0.2, 0.25) is 0 Å². The van der Waals surface area contributed by atoms with Crippen LogP contribution in [0.5, 0.6) is 5.75 Å². The molecule has 2 heterocycles. The van der Waals surface area contributed by atoms with Crippen LogP contribution in [0.25, 0.3) is 10.9 Å². The van der Waals surface area contributed by atoms with E-state index in [4.69, 9.17) is 4.74 Å². The Kier molecular flexibility index (Phi) is 4.48. The number of ether oxygens (including phenoxy) is 1. The Morgan fingerprint density at radius 1 is 1.23 bits per heavy atom. The van der Waals surface area contributed by atoms with Gasteiger partial charge in [-0.25, -0.2) is 4.98 Å². The Hall–Kier alpha value is -2.21. The molecule has 114 valence electrons.